The van der Waals surface area contributed by atoms with Crippen molar-refractivity contribution in [2.24, 2.45) is 5.92 Å². The minimum absolute atomic E-state index is 0.744. The van der Waals surface area contributed by atoms with Gasteiger partial charge in [0, 0.05) is 18.6 Å². The van der Waals surface area contributed by atoms with Gasteiger partial charge in [-0.2, -0.15) is 0 Å². The molecule has 1 saturated heterocycles. The Balaban J connectivity index is 1.78. The lowest BCUT2D eigenvalue weighted by molar-refractivity contribution is 0.125. The molecule has 2 aliphatic rings. The quantitative estimate of drug-likeness (QED) is 0.774. The summed E-state index contributed by atoms with van der Waals surface area (Å²) < 4.78 is 0. The van der Waals surface area contributed by atoms with Crippen LogP contribution in [-0.4, -0.2) is 62.2 Å². The van der Waals surface area contributed by atoms with Crippen molar-refractivity contribution in [1.82, 2.24) is 15.1 Å². The number of nitrogens with zero attached hydrogens (tertiary/aromatic N) is 2. The Morgan fingerprint density at radius 2 is 1.75 bits per heavy atom. The highest BCUT2D eigenvalue weighted by molar-refractivity contribution is 4.85. The molecule has 1 atom stereocenters. The first kappa shape index (κ1) is 16.3. The number of rotatable bonds is 7. The van der Waals surface area contributed by atoms with Crippen LogP contribution in [0.4, 0.5) is 0 Å². The van der Waals surface area contributed by atoms with Crippen LogP contribution >= 0.6 is 0 Å². The molecule has 0 radical (unpaired) electrons. The van der Waals surface area contributed by atoms with Crippen LogP contribution in [0.5, 0.6) is 0 Å². The Morgan fingerprint density at radius 1 is 1.10 bits per heavy atom. The van der Waals surface area contributed by atoms with Crippen LogP contribution in [0.15, 0.2) is 0 Å². The third kappa shape index (κ3) is 4.71. The molecule has 1 aliphatic carbocycles. The third-order valence-electron chi connectivity index (χ3n) is 5.37. The van der Waals surface area contributed by atoms with Gasteiger partial charge in [0.25, 0.3) is 0 Å². The van der Waals surface area contributed by atoms with E-state index < -0.39 is 0 Å². The Morgan fingerprint density at radius 3 is 2.30 bits per heavy atom. The van der Waals surface area contributed by atoms with Crippen molar-refractivity contribution in [3.05, 3.63) is 0 Å². The Bertz CT molecular complexity index is 253. The average Bonchev–Trinajstić information content (AvgIpc) is 2.98. The molecule has 2 fully saturated rings. The van der Waals surface area contributed by atoms with Crippen molar-refractivity contribution < 1.29 is 0 Å². The summed E-state index contributed by atoms with van der Waals surface area (Å²) in [5, 5.41) is 3.84. The van der Waals surface area contributed by atoms with Gasteiger partial charge in [-0.1, -0.05) is 19.8 Å². The molecular weight excluding hydrogens is 246 g/mol. The summed E-state index contributed by atoms with van der Waals surface area (Å²) in [6, 6.07) is 1.55. The number of hydrogen-bond donors (Lipinski definition) is 1. The largest absolute Gasteiger partial charge is 0.312 e. The lowest BCUT2D eigenvalue weighted by Gasteiger charge is -2.38. The van der Waals surface area contributed by atoms with Crippen LogP contribution in [0.1, 0.15) is 51.9 Å². The van der Waals surface area contributed by atoms with E-state index in [2.05, 4.69) is 36.1 Å². The molecule has 0 spiro atoms. The van der Waals surface area contributed by atoms with Crippen LogP contribution in [0.25, 0.3) is 0 Å². The topological polar surface area (TPSA) is 18.5 Å². The van der Waals surface area contributed by atoms with Crippen molar-refractivity contribution in [2.75, 3.05) is 40.3 Å². The van der Waals surface area contributed by atoms with E-state index in [1.807, 2.05) is 0 Å². The first-order valence-corrected chi connectivity index (χ1v) is 8.83. The molecule has 1 N–H and O–H groups in total. The predicted molar refractivity (Wildman–Crippen MR) is 87.2 cm³/mol. The van der Waals surface area contributed by atoms with E-state index >= 15 is 0 Å². The predicted octanol–water partition coefficient (Wildman–Crippen LogP) is 2.57. The summed E-state index contributed by atoms with van der Waals surface area (Å²) in [4.78, 5) is 5.12. The number of likely N-dealkylation sites (tertiary alicyclic amines) is 1. The van der Waals surface area contributed by atoms with Crippen molar-refractivity contribution >= 4 is 0 Å². The van der Waals surface area contributed by atoms with Crippen LogP contribution in [0.3, 0.4) is 0 Å². The van der Waals surface area contributed by atoms with E-state index in [1.54, 1.807) is 0 Å². The van der Waals surface area contributed by atoms with E-state index in [1.165, 1.54) is 71.1 Å². The van der Waals surface area contributed by atoms with E-state index in [9.17, 15) is 0 Å². The Hall–Kier alpha value is -0.120. The standard InChI is InChI=1S/C17H35N3/c1-4-11-18-17(15-7-5-6-8-15)14-20-12-9-16(10-13-20)19(2)3/h15-18H,4-14H2,1-3H3. The maximum atomic E-state index is 3.84. The molecule has 1 saturated carbocycles. The average molecular weight is 281 g/mol. The Kier molecular flexibility index (Phi) is 6.79. The van der Waals surface area contributed by atoms with Crippen molar-refractivity contribution in [2.45, 2.75) is 64.0 Å². The highest BCUT2D eigenvalue weighted by Crippen LogP contribution is 2.28. The van der Waals surface area contributed by atoms with Crippen molar-refractivity contribution in [3.8, 4) is 0 Å². The molecule has 2 rings (SSSR count). The molecular formula is C17H35N3. The fourth-order valence-corrected chi connectivity index (χ4v) is 3.97. The SMILES string of the molecule is CCCNC(CN1CCC(N(C)C)CC1)C1CCCC1. The maximum Gasteiger partial charge on any atom is 0.0223 e. The van der Waals surface area contributed by atoms with Crippen molar-refractivity contribution in [3.63, 3.8) is 0 Å². The summed E-state index contributed by atoms with van der Waals surface area (Å²) >= 11 is 0. The second-order valence-corrected chi connectivity index (χ2v) is 7.10. The van der Waals surface area contributed by atoms with Gasteiger partial charge in [0.05, 0.1) is 0 Å². The summed E-state index contributed by atoms with van der Waals surface area (Å²) in [6.07, 6.45) is 9.77. The number of piperidine rings is 1. The molecule has 3 nitrogen and oxygen atoms in total. The van der Waals surface area contributed by atoms with Crippen LogP contribution in [0.2, 0.25) is 0 Å². The van der Waals surface area contributed by atoms with Crippen LogP contribution in [-0.2, 0) is 0 Å². The zero-order chi connectivity index (χ0) is 14.4. The van der Waals surface area contributed by atoms with Gasteiger partial charge in [0.15, 0.2) is 0 Å². The zero-order valence-corrected chi connectivity index (χ0v) is 13.9. The molecule has 1 heterocycles. The first-order chi connectivity index (χ1) is 9.70. The third-order valence-corrected chi connectivity index (χ3v) is 5.37. The molecule has 0 amide bonds. The lowest BCUT2D eigenvalue weighted by Crippen LogP contribution is -2.49. The second-order valence-electron chi connectivity index (χ2n) is 7.10. The minimum atomic E-state index is 0.744. The van der Waals surface area contributed by atoms with Gasteiger partial charge < -0.3 is 15.1 Å². The zero-order valence-electron chi connectivity index (χ0n) is 13.9. The molecule has 0 aromatic heterocycles. The van der Waals surface area contributed by atoms with Gasteiger partial charge in [-0.05, 0) is 71.8 Å². The van der Waals surface area contributed by atoms with Crippen molar-refractivity contribution in [1.29, 1.82) is 0 Å². The van der Waals surface area contributed by atoms with Gasteiger partial charge in [0.1, 0.15) is 0 Å². The van der Waals surface area contributed by atoms with E-state index in [0.717, 1.165) is 18.0 Å². The lowest BCUT2D eigenvalue weighted by atomic mass is 9.96. The second kappa shape index (κ2) is 8.35. The highest BCUT2D eigenvalue weighted by atomic mass is 15.2. The number of nitrogens with one attached hydrogen (secondary N) is 1. The number of hydrogen-bond acceptors (Lipinski definition) is 3. The van der Waals surface area contributed by atoms with E-state index in [4.69, 9.17) is 0 Å². The highest BCUT2D eigenvalue weighted by Gasteiger charge is 2.28. The van der Waals surface area contributed by atoms with Crippen LogP contribution in [0, 0.1) is 5.92 Å². The van der Waals surface area contributed by atoms with E-state index in [-0.39, 0.29) is 0 Å². The monoisotopic (exact) mass is 281 g/mol. The molecule has 1 aliphatic heterocycles. The molecule has 0 aromatic carbocycles. The van der Waals surface area contributed by atoms with Crippen LogP contribution < -0.4 is 5.32 Å². The molecule has 0 bridgehead atoms. The molecule has 0 aromatic rings. The summed E-state index contributed by atoms with van der Waals surface area (Å²) in [5.74, 6) is 0.938. The molecule has 118 valence electrons. The van der Waals surface area contributed by atoms with Gasteiger partial charge >= 0.3 is 0 Å². The summed E-state index contributed by atoms with van der Waals surface area (Å²) in [6.45, 7) is 7.33. The smallest absolute Gasteiger partial charge is 0.0223 e. The van der Waals surface area contributed by atoms with Gasteiger partial charge in [-0.3, -0.25) is 0 Å². The minimum Gasteiger partial charge on any atom is -0.312 e. The summed E-state index contributed by atoms with van der Waals surface area (Å²) in [7, 11) is 4.45. The first-order valence-electron chi connectivity index (χ1n) is 8.83. The molecule has 3 heteroatoms. The Labute approximate surface area is 126 Å². The van der Waals surface area contributed by atoms with E-state index in [0.29, 0.717) is 0 Å². The van der Waals surface area contributed by atoms with Gasteiger partial charge in [-0.25, -0.2) is 0 Å². The molecule has 20 heavy (non-hydrogen) atoms. The van der Waals surface area contributed by atoms with Gasteiger partial charge in [0.2, 0.25) is 0 Å². The fourth-order valence-electron chi connectivity index (χ4n) is 3.97. The summed E-state index contributed by atoms with van der Waals surface area (Å²) in [5.41, 5.74) is 0. The van der Waals surface area contributed by atoms with Gasteiger partial charge in [-0.15, -0.1) is 0 Å². The maximum absolute atomic E-state index is 3.84. The normalized spacial score (nSPS) is 24.6. The fraction of sp³-hybridized carbons (Fsp3) is 1.00. The molecule has 1 unspecified atom stereocenters.